The minimum absolute atomic E-state index is 0.00386. The molecule has 0 unspecified atom stereocenters. The maximum Gasteiger partial charge on any atom is 0.303 e. The van der Waals surface area contributed by atoms with E-state index in [2.05, 4.69) is 23.9 Å². The summed E-state index contributed by atoms with van der Waals surface area (Å²) in [6.07, 6.45) is 8.75. The van der Waals surface area contributed by atoms with Crippen LogP contribution in [0.15, 0.2) is 47.7 Å². The monoisotopic (exact) mass is 845 g/mol. The minimum atomic E-state index is -0.936. The standard InChI is InChI=1S/C20H23F2N3O.C19H26ClNO4.C4H10.2C2H6/c1-6-9-25-14(4)18(11-24-25)17-8-7-16(19(21)20(17)22)12(2)10-23-13(3)15(5)26;1-3-11-21(18(23)7-4-8-19(24)25)12-5-6-17(22)15-10-9-14(2)13-16(15)20;1-3-4-2;2*1-2/h7-8,10-11H,6,9H2,1-5H3;9-10,13H,3-8,11-12H2,1-2H3,(H,24,25);3-4H2,1-2H3;2*1-2H3/b12-10+,23-13?;;;;. The molecule has 1 heterocycles. The van der Waals surface area contributed by atoms with E-state index in [-0.39, 0.29) is 41.4 Å². The van der Waals surface area contributed by atoms with Gasteiger partial charge in [-0.05, 0) is 76.6 Å². The van der Waals surface area contributed by atoms with Gasteiger partial charge in [0.05, 0.1) is 16.9 Å². The molecule has 2 aromatic carbocycles. The summed E-state index contributed by atoms with van der Waals surface area (Å²) < 4.78 is 31.1. The number of carboxylic acid groups (broad SMARTS) is 1. The van der Waals surface area contributed by atoms with Crippen LogP contribution in [-0.2, 0) is 20.9 Å². The summed E-state index contributed by atoms with van der Waals surface area (Å²) in [6, 6.07) is 8.43. The third-order valence-corrected chi connectivity index (χ3v) is 8.99. The third-order valence-electron chi connectivity index (χ3n) is 8.68. The molecule has 3 aromatic rings. The predicted molar refractivity (Wildman–Crippen MR) is 241 cm³/mol. The van der Waals surface area contributed by atoms with Gasteiger partial charge in [0, 0.05) is 80.0 Å². The smallest absolute Gasteiger partial charge is 0.303 e. The number of carbonyl (C=O) groups is 4. The van der Waals surface area contributed by atoms with Crippen molar-refractivity contribution in [3.05, 3.63) is 81.8 Å². The number of carbonyl (C=O) groups excluding carboxylic acids is 3. The van der Waals surface area contributed by atoms with Crippen molar-refractivity contribution in [1.29, 1.82) is 0 Å². The minimum Gasteiger partial charge on any atom is -0.481 e. The molecule has 0 bridgehead atoms. The Morgan fingerprint density at radius 3 is 1.93 bits per heavy atom. The Kier molecular flexibility index (Phi) is 31.0. The summed E-state index contributed by atoms with van der Waals surface area (Å²) in [7, 11) is 0. The number of Topliss-reactive ketones (excluding diaryl/α,β-unsaturated/α-hetero) is 2. The number of amides is 1. The molecule has 0 fully saturated rings. The number of rotatable bonds is 18. The van der Waals surface area contributed by atoms with Crippen LogP contribution in [0.1, 0.15) is 161 Å². The Hall–Kier alpha value is -4.51. The molecular weight excluding hydrogens is 774 g/mol. The Morgan fingerprint density at radius 2 is 1.41 bits per heavy atom. The van der Waals surface area contributed by atoms with E-state index in [1.807, 2.05) is 61.5 Å². The molecule has 0 aliphatic rings. The second kappa shape index (κ2) is 32.4. The predicted octanol–water partition coefficient (Wildman–Crippen LogP) is 12.9. The van der Waals surface area contributed by atoms with Crippen LogP contribution < -0.4 is 0 Å². The first-order valence-electron chi connectivity index (χ1n) is 21.1. The molecule has 0 saturated carbocycles. The first-order chi connectivity index (χ1) is 28.0. The fourth-order valence-corrected chi connectivity index (χ4v) is 5.50. The van der Waals surface area contributed by atoms with E-state index in [0.717, 1.165) is 30.6 Å². The Labute approximate surface area is 358 Å². The van der Waals surface area contributed by atoms with Gasteiger partial charge in [-0.1, -0.05) is 98.0 Å². The lowest BCUT2D eigenvalue weighted by molar-refractivity contribution is -0.137. The average molecular weight is 846 g/mol. The quantitative estimate of drug-likeness (QED) is 0.100. The van der Waals surface area contributed by atoms with Gasteiger partial charge in [0.2, 0.25) is 5.91 Å². The van der Waals surface area contributed by atoms with Crippen molar-refractivity contribution in [3.63, 3.8) is 0 Å². The van der Waals surface area contributed by atoms with E-state index in [0.29, 0.717) is 59.8 Å². The first-order valence-corrected chi connectivity index (χ1v) is 21.4. The number of carboxylic acids is 1. The maximum absolute atomic E-state index is 14.7. The van der Waals surface area contributed by atoms with Gasteiger partial charge in [-0.2, -0.15) is 5.10 Å². The van der Waals surface area contributed by atoms with Crippen LogP contribution in [-0.4, -0.2) is 62.0 Å². The number of aliphatic carboxylic acids is 1. The highest BCUT2D eigenvalue weighted by molar-refractivity contribution is 6.38. The van der Waals surface area contributed by atoms with Crippen LogP contribution in [0.2, 0.25) is 5.02 Å². The lowest BCUT2D eigenvalue weighted by atomic mass is 10.0. The number of aryl methyl sites for hydroxylation is 2. The number of halogens is 3. The molecule has 0 radical (unpaired) electrons. The molecule has 0 aliphatic heterocycles. The Bertz CT molecular complexity index is 1800. The highest BCUT2D eigenvalue weighted by Crippen LogP contribution is 2.31. The number of unbranched alkanes of at least 4 members (excludes halogenated alkanes) is 1. The lowest BCUT2D eigenvalue weighted by Crippen LogP contribution is -2.32. The fourth-order valence-electron chi connectivity index (χ4n) is 5.16. The molecule has 9 nitrogen and oxygen atoms in total. The molecule has 3 rings (SSSR count). The van der Waals surface area contributed by atoms with E-state index in [1.165, 1.54) is 32.0 Å². The normalized spacial score (nSPS) is 10.7. The van der Waals surface area contributed by atoms with Crippen LogP contribution in [0.3, 0.4) is 0 Å². The van der Waals surface area contributed by atoms with Crippen LogP contribution in [0, 0.1) is 25.5 Å². The molecule has 330 valence electrons. The number of hydrogen-bond acceptors (Lipinski definition) is 6. The van der Waals surface area contributed by atoms with Gasteiger partial charge in [-0.25, -0.2) is 8.78 Å². The second-order valence-corrected chi connectivity index (χ2v) is 13.8. The molecule has 1 amide bonds. The van der Waals surface area contributed by atoms with Gasteiger partial charge in [0.1, 0.15) is 0 Å². The van der Waals surface area contributed by atoms with Gasteiger partial charge in [-0.15, -0.1) is 0 Å². The molecule has 0 aliphatic carbocycles. The average Bonchev–Trinajstić information content (AvgIpc) is 3.57. The van der Waals surface area contributed by atoms with Crippen molar-refractivity contribution >= 4 is 46.3 Å². The molecule has 12 heteroatoms. The van der Waals surface area contributed by atoms with Crippen molar-refractivity contribution in [3.8, 4) is 11.1 Å². The van der Waals surface area contributed by atoms with Gasteiger partial charge in [0.15, 0.2) is 23.2 Å². The summed E-state index contributed by atoms with van der Waals surface area (Å²) in [4.78, 5) is 51.9. The highest BCUT2D eigenvalue weighted by atomic mass is 35.5. The third kappa shape index (κ3) is 20.8. The lowest BCUT2D eigenvalue weighted by Gasteiger charge is -2.22. The van der Waals surface area contributed by atoms with Gasteiger partial charge in [0.25, 0.3) is 0 Å². The first kappa shape index (κ1) is 56.6. The summed E-state index contributed by atoms with van der Waals surface area (Å²) >= 11 is 6.12. The number of benzene rings is 2. The number of aromatic nitrogens is 2. The van der Waals surface area contributed by atoms with E-state index >= 15 is 0 Å². The second-order valence-electron chi connectivity index (χ2n) is 13.4. The highest BCUT2D eigenvalue weighted by Gasteiger charge is 2.19. The summed E-state index contributed by atoms with van der Waals surface area (Å²) in [5.74, 6) is -2.99. The maximum atomic E-state index is 14.7. The van der Waals surface area contributed by atoms with Crippen molar-refractivity contribution in [2.75, 3.05) is 13.1 Å². The van der Waals surface area contributed by atoms with Crippen molar-refractivity contribution in [1.82, 2.24) is 14.7 Å². The van der Waals surface area contributed by atoms with Crippen LogP contribution in [0.5, 0.6) is 0 Å². The Balaban J connectivity index is 0. The van der Waals surface area contributed by atoms with E-state index in [1.54, 1.807) is 47.8 Å². The topological polar surface area (TPSA) is 122 Å². The molecule has 1 N–H and O–H groups in total. The molecule has 59 heavy (non-hydrogen) atoms. The summed E-state index contributed by atoms with van der Waals surface area (Å²) in [6.45, 7) is 26.6. The molecule has 0 spiro atoms. The molecular formula is C47H71ClF2N4O5. The number of ketones is 2. The van der Waals surface area contributed by atoms with Crippen LogP contribution in [0.4, 0.5) is 8.78 Å². The summed E-state index contributed by atoms with van der Waals surface area (Å²) in [5.41, 5.74) is 3.94. The zero-order valence-corrected chi connectivity index (χ0v) is 38.8. The van der Waals surface area contributed by atoms with Crippen LogP contribution in [0.25, 0.3) is 16.7 Å². The van der Waals surface area contributed by atoms with E-state index in [9.17, 15) is 28.0 Å². The van der Waals surface area contributed by atoms with Crippen LogP contribution >= 0.6 is 11.6 Å². The van der Waals surface area contributed by atoms with E-state index < -0.39 is 17.6 Å². The van der Waals surface area contributed by atoms with Gasteiger partial charge in [-0.3, -0.25) is 28.9 Å². The number of aliphatic imine (C=N–C) groups is 1. The largest absolute Gasteiger partial charge is 0.481 e. The van der Waals surface area contributed by atoms with E-state index in [4.69, 9.17) is 16.7 Å². The Morgan fingerprint density at radius 1 is 0.797 bits per heavy atom. The zero-order valence-electron chi connectivity index (χ0n) is 38.0. The van der Waals surface area contributed by atoms with Gasteiger partial charge >= 0.3 is 5.97 Å². The van der Waals surface area contributed by atoms with Crippen molar-refractivity contribution in [2.45, 2.75) is 154 Å². The number of nitrogens with zero attached hydrogens (tertiary/aromatic N) is 4. The van der Waals surface area contributed by atoms with Gasteiger partial charge < -0.3 is 10.0 Å². The SMILES string of the molecule is CC.CC.CCCC.CCCN(CCCC(=O)c1ccc(C)cc1Cl)C(=O)CCCC(=O)O.CCCn1ncc(-c2ccc(/C(C)=C/N=C(C)C(C)=O)c(F)c2F)c1C. The molecule has 0 atom stereocenters. The number of hydrogen-bond donors (Lipinski definition) is 1. The zero-order chi connectivity index (χ0) is 45.7. The van der Waals surface area contributed by atoms with Crippen molar-refractivity contribution < 1.29 is 33.1 Å². The fraction of sp³-hybridized carbons (Fsp3) is 0.532. The molecule has 1 aromatic heterocycles. The molecule has 0 saturated heterocycles. The number of allylic oxidation sites excluding steroid dienone is 1. The van der Waals surface area contributed by atoms with Crippen molar-refractivity contribution in [2.24, 2.45) is 4.99 Å². The summed E-state index contributed by atoms with van der Waals surface area (Å²) in [5, 5.41) is 13.3.